The first-order valence-corrected chi connectivity index (χ1v) is 36.7. The van der Waals surface area contributed by atoms with Crippen LogP contribution in [0.1, 0.15) is 19.4 Å². The lowest BCUT2D eigenvalue weighted by atomic mass is 9.98. The van der Waals surface area contributed by atoms with E-state index in [0.29, 0.717) is 28.1 Å². The molecule has 4 aliphatic heterocycles. The number of β-amino-alcohol motifs (C(OH)–C–C–N with tert-alkyl or cyclic N) is 3. The van der Waals surface area contributed by atoms with E-state index in [1.807, 2.05) is 28.5 Å². The number of aliphatic carboxylic acids is 9. The molecular weight excluding hydrogens is 1450 g/mol. The first-order chi connectivity index (χ1) is 52.3. The maximum Gasteiger partial charge on any atom is 0.317 e. The van der Waals surface area contributed by atoms with E-state index in [2.05, 4.69) is 31.6 Å². The Morgan fingerprint density at radius 1 is 0.364 bits per heavy atom. The highest BCUT2D eigenvalue weighted by molar-refractivity contribution is 5.85. The number of aliphatic hydroxyl groups excluding tert-OH is 3. The Hall–Kier alpha value is -8.77. The minimum Gasteiger partial charge on any atom is -0.492 e. The zero-order valence-electron chi connectivity index (χ0n) is 62.4. The summed E-state index contributed by atoms with van der Waals surface area (Å²) in [4.78, 5) is 128. The summed E-state index contributed by atoms with van der Waals surface area (Å²) in [5.74, 6) is -9.50. The molecule has 3 unspecified atom stereocenters. The van der Waals surface area contributed by atoms with Crippen LogP contribution in [-0.2, 0) is 56.2 Å². The highest BCUT2D eigenvalue weighted by Crippen LogP contribution is 2.41. The monoisotopic (exact) mass is 1560 g/mol. The van der Waals surface area contributed by atoms with Gasteiger partial charge in [0.1, 0.15) is 17.1 Å². The summed E-state index contributed by atoms with van der Waals surface area (Å²) < 4.78 is 9.60. The average molecular weight is 1560 g/mol. The van der Waals surface area contributed by atoms with Crippen molar-refractivity contribution in [3.8, 4) is 28.3 Å². The molecule has 3 saturated heterocycles. The van der Waals surface area contributed by atoms with Crippen LogP contribution in [0.4, 0.5) is 0 Å². The first kappa shape index (κ1) is 88.4. The molecule has 1 aromatic carbocycles. The fourth-order valence-corrected chi connectivity index (χ4v) is 13.3. The van der Waals surface area contributed by atoms with Crippen molar-refractivity contribution in [2.24, 2.45) is 5.92 Å². The summed E-state index contributed by atoms with van der Waals surface area (Å²) in [6.07, 6.45) is 1.62. The number of hydrogen-bond donors (Lipinski definition) is 14. The summed E-state index contributed by atoms with van der Waals surface area (Å²) >= 11 is 0. The van der Waals surface area contributed by atoms with Gasteiger partial charge in [-0.15, -0.1) is 15.7 Å². The van der Waals surface area contributed by atoms with E-state index in [4.69, 9.17) is 4.74 Å². The molecule has 43 nitrogen and oxygen atoms in total. The van der Waals surface area contributed by atoms with Crippen LogP contribution < -0.4 is 15.7 Å². The number of rotatable bonds is 36. The molecule has 0 spiro atoms. The van der Waals surface area contributed by atoms with Crippen LogP contribution >= 0.6 is 0 Å². The molecule has 3 fully saturated rings. The minimum absolute atomic E-state index is 0.0185. The molecule has 0 aliphatic carbocycles. The smallest absolute Gasteiger partial charge is 0.317 e. The van der Waals surface area contributed by atoms with Gasteiger partial charge in [0, 0.05) is 200 Å². The lowest BCUT2D eigenvalue weighted by molar-refractivity contribution is -0.140. The average Bonchev–Trinajstić information content (AvgIpc) is 1.54. The van der Waals surface area contributed by atoms with Gasteiger partial charge in [0.15, 0.2) is 0 Å². The van der Waals surface area contributed by atoms with Crippen LogP contribution in [0, 0.1) is 5.92 Å². The second-order valence-corrected chi connectivity index (χ2v) is 28.6. The van der Waals surface area contributed by atoms with E-state index in [1.54, 1.807) is 79.8 Å². The van der Waals surface area contributed by atoms with E-state index in [9.17, 15) is 104 Å². The quantitative estimate of drug-likeness (QED) is 0.0257. The van der Waals surface area contributed by atoms with Crippen molar-refractivity contribution in [2.45, 2.75) is 45.2 Å². The molecule has 7 rings (SSSR count). The zero-order valence-corrected chi connectivity index (χ0v) is 62.4. The lowest BCUT2D eigenvalue weighted by Gasteiger charge is -2.34. The fourth-order valence-electron chi connectivity index (χ4n) is 13.3. The van der Waals surface area contributed by atoms with Crippen molar-refractivity contribution in [1.29, 1.82) is 0 Å². The summed E-state index contributed by atoms with van der Waals surface area (Å²) in [6.45, 7) is 6.35. The number of carboxylic acid groups (broad SMARTS) is 9. The third kappa shape index (κ3) is 32.7. The number of aromatic nitrogens is 6. The van der Waals surface area contributed by atoms with Crippen LogP contribution in [0.5, 0.6) is 5.75 Å². The van der Waals surface area contributed by atoms with Crippen LogP contribution in [0.2, 0.25) is 0 Å². The topological polar surface area (TPSA) is 533 Å². The Kier molecular flexibility index (Phi) is 36.1. The summed E-state index contributed by atoms with van der Waals surface area (Å²) in [5.41, 5.74) is 8.62. The minimum atomic E-state index is -1.12. The fraction of sp³-hybridized carbons (Fsp3) is 0.687. The van der Waals surface area contributed by atoms with Gasteiger partial charge in [-0.3, -0.25) is 107 Å². The number of nitrogens with one attached hydrogen (secondary N) is 2. The zero-order chi connectivity index (χ0) is 80.0. The third-order valence-electron chi connectivity index (χ3n) is 18.8. The molecule has 3 atom stereocenters. The van der Waals surface area contributed by atoms with E-state index in [0.717, 1.165) is 0 Å². The van der Waals surface area contributed by atoms with Gasteiger partial charge < -0.3 is 71.4 Å². The number of hydrazine groups is 2. The Morgan fingerprint density at radius 2 is 0.600 bits per heavy atom. The van der Waals surface area contributed by atoms with E-state index in [1.165, 1.54) is 9.36 Å². The largest absolute Gasteiger partial charge is 0.492 e. The standard InChI is InChI=1S/C67H109N21O22/c1-48(2)47-110-67-53(56-36-87(72-69-56)33-51(90)30-75-5-11-79(40-60(96)97)17-23-84(45-65(106)107)24-18-80(12-6-75)41-61(98)99)27-49(55-35-86(71-68-55)32-50(89)29-74-3-9-77(38-58(92)93)15-21-83(44-64(104)105)22-16-78(10-4-74)39-59(94)95)28-54(67)57-37-88(73-70-57)34-52(91)31-76-7-13-81(42-62(100)101)19-25-85(46-66(108)109)26-20-82(14-8-76)43-63(102)103/h27-28,35-37,48,50-52,68,71,89-91H,3-26,29-34,38-47H2,1-2H3,(H,92,93)(H,94,95)(H,96,97)(H,98,99)(H,100,101)(H,102,103)(H,104,105)(H,106,107)(H,108,109). The van der Waals surface area contributed by atoms with Gasteiger partial charge in [-0.05, 0) is 18.1 Å². The van der Waals surface area contributed by atoms with Crippen molar-refractivity contribution in [3.05, 3.63) is 36.3 Å². The molecule has 43 heteroatoms. The van der Waals surface area contributed by atoms with Crippen LogP contribution in [0.3, 0.4) is 0 Å². The molecule has 0 amide bonds. The van der Waals surface area contributed by atoms with Crippen molar-refractivity contribution < 1.29 is 109 Å². The number of carbonyl (C=O) groups is 9. The molecule has 614 valence electrons. The number of benzene rings is 1. The number of aliphatic hydroxyl groups is 3. The third-order valence-corrected chi connectivity index (χ3v) is 18.8. The normalized spacial score (nSPS) is 19.7. The van der Waals surface area contributed by atoms with E-state index in [-0.39, 0.29) is 279 Å². The second-order valence-electron chi connectivity index (χ2n) is 28.6. The van der Waals surface area contributed by atoms with Gasteiger partial charge in [-0.2, -0.15) is 0 Å². The molecule has 0 bridgehead atoms. The van der Waals surface area contributed by atoms with Gasteiger partial charge in [-0.25, -0.2) is 9.36 Å². The molecule has 6 heterocycles. The van der Waals surface area contributed by atoms with E-state index >= 15 is 0 Å². The molecule has 0 radical (unpaired) electrons. The summed E-state index contributed by atoms with van der Waals surface area (Å²) in [6, 6.07) is 3.59. The molecule has 14 N–H and O–H groups in total. The lowest BCUT2D eigenvalue weighted by Crippen LogP contribution is -2.50. The number of hydrogen-bond acceptors (Lipinski definition) is 32. The molecule has 0 saturated carbocycles. The van der Waals surface area contributed by atoms with Crippen LogP contribution in [0.15, 0.2) is 30.7 Å². The van der Waals surface area contributed by atoms with Gasteiger partial charge in [0.05, 0.1) is 122 Å². The second kappa shape index (κ2) is 44.9. The number of nitrogens with zero attached hydrogens (tertiary/aromatic N) is 19. The van der Waals surface area contributed by atoms with Crippen molar-refractivity contribution in [3.63, 3.8) is 0 Å². The van der Waals surface area contributed by atoms with Crippen LogP contribution in [-0.4, -0.2) is 476 Å². The molecule has 4 aliphatic rings. The van der Waals surface area contributed by atoms with Gasteiger partial charge >= 0.3 is 53.7 Å². The highest BCUT2D eigenvalue weighted by atomic mass is 16.5. The van der Waals surface area contributed by atoms with E-state index < -0.39 is 72.0 Å². The maximum absolute atomic E-state index is 12.0. The SMILES string of the molecule is CC(C)COc1c(-c2cn(CC(O)CN3CCN(CC(=O)O)CCN(CC(=O)O)CCN(CC(=O)O)CC3)nn2)cc(C2=CN(CC(O)CN3CCN(CC(=O)O)CCN(CC(=O)O)CCN(CC(=O)O)CC3)NN2)cc1-c1cn(CC(O)CN2CCN(CC(=O)O)CCN(CC(=O)O)CCN(CC(=O)O)CC2)nn1. The molecule has 2 aromatic heterocycles. The van der Waals surface area contributed by atoms with Crippen molar-refractivity contribution in [1.82, 2.24) is 105 Å². The summed E-state index contributed by atoms with van der Waals surface area (Å²) in [7, 11) is 0. The van der Waals surface area contributed by atoms with Gasteiger partial charge in [0.25, 0.3) is 0 Å². The number of carboxylic acids is 9. The predicted molar refractivity (Wildman–Crippen MR) is 390 cm³/mol. The van der Waals surface area contributed by atoms with Gasteiger partial charge in [0.2, 0.25) is 0 Å². The molecule has 3 aromatic rings. The highest BCUT2D eigenvalue weighted by Gasteiger charge is 2.30. The maximum atomic E-state index is 12.0. The van der Waals surface area contributed by atoms with Crippen molar-refractivity contribution in [2.75, 3.05) is 249 Å². The first-order valence-electron chi connectivity index (χ1n) is 36.7. The summed E-state index contributed by atoms with van der Waals surface area (Å²) in [5, 5.41) is 143. The Balaban J connectivity index is 1.19. The van der Waals surface area contributed by atoms with Crippen molar-refractivity contribution >= 4 is 59.4 Å². The molecular formula is C67H109N21O22. The number of ether oxygens (including phenoxy) is 1. The Bertz CT molecular complexity index is 3270. The Morgan fingerprint density at radius 3 is 0.836 bits per heavy atom. The molecule has 110 heavy (non-hydrogen) atoms. The van der Waals surface area contributed by atoms with Crippen LogP contribution in [0.25, 0.3) is 28.2 Å². The Labute approximate surface area is 635 Å². The van der Waals surface area contributed by atoms with Gasteiger partial charge in [-0.1, -0.05) is 24.3 Å². The predicted octanol–water partition coefficient (Wildman–Crippen LogP) is -6.63.